The van der Waals surface area contributed by atoms with Gasteiger partial charge in [-0.25, -0.2) is 0 Å². The number of likely N-dealkylation sites (tertiary alicyclic amines) is 1. The van der Waals surface area contributed by atoms with Crippen LogP contribution in [0.15, 0.2) is 18.2 Å². The molecule has 1 aromatic carbocycles. The first kappa shape index (κ1) is 35.6. The van der Waals surface area contributed by atoms with Crippen LogP contribution < -0.4 is 10.6 Å². The lowest BCUT2D eigenvalue weighted by molar-refractivity contribution is -0.140. The van der Waals surface area contributed by atoms with E-state index in [0.717, 1.165) is 25.7 Å². The van der Waals surface area contributed by atoms with Crippen molar-refractivity contribution in [1.29, 1.82) is 0 Å². The second-order valence-corrected chi connectivity index (χ2v) is 13.0. The molecule has 1 saturated carbocycles. The van der Waals surface area contributed by atoms with Gasteiger partial charge in [0.15, 0.2) is 0 Å². The summed E-state index contributed by atoms with van der Waals surface area (Å²) in [6.07, 6.45) is 7.61. The number of piperidine rings is 1. The first-order valence-corrected chi connectivity index (χ1v) is 16.6. The number of carboxylic acid groups (broad SMARTS) is 1. The molecule has 3 rings (SSSR count). The van der Waals surface area contributed by atoms with Crippen molar-refractivity contribution in [1.82, 2.24) is 20.4 Å². The molecule has 1 heterocycles. The highest BCUT2D eigenvalue weighted by Crippen LogP contribution is 2.46. The number of nitrogens with zero attached hydrogens (tertiary/aromatic N) is 2. The SMILES string of the molecule is CCCN(CCC)C(=O)[C@H](CCC(=O)O)NC(=O)CC[C@@H](NC(=O)c1cc(Cl)cc(Cl)c1)C(=O)N1CCC2(CCCC2)CC1. The number of rotatable bonds is 15. The molecule has 0 bridgehead atoms. The molecule has 10 nitrogen and oxygen atoms in total. The zero-order valence-electron chi connectivity index (χ0n) is 25.8. The minimum absolute atomic E-state index is 0.000176. The molecular formula is C32H46Cl2N4O6. The molecule has 244 valence electrons. The van der Waals surface area contributed by atoms with Crippen LogP contribution in [-0.2, 0) is 19.2 Å². The first-order valence-electron chi connectivity index (χ1n) is 15.8. The molecule has 12 heteroatoms. The van der Waals surface area contributed by atoms with Crippen LogP contribution in [0.1, 0.15) is 101 Å². The van der Waals surface area contributed by atoms with Gasteiger partial charge in [-0.15, -0.1) is 0 Å². The Bertz CT molecular complexity index is 1150. The van der Waals surface area contributed by atoms with Gasteiger partial charge in [-0.3, -0.25) is 24.0 Å². The summed E-state index contributed by atoms with van der Waals surface area (Å²) in [4.78, 5) is 68.1. The van der Waals surface area contributed by atoms with E-state index < -0.39 is 29.9 Å². The summed E-state index contributed by atoms with van der Waals surface area (Å²) in [6, 6.07) is 2.42. The lowest BCUT2D eigenvalue weighted by atomic mass is 9.77. The van der Waals surface area contributed by atoms with Gasteiger partial charge in [0.05, 0.1) is 0 Å². The Hall–Kier alpha value is -2.85. The average Bonchev–Trinajstić information content (AvgIpc) is 3.43. The van der Waals surface area contributed by atoms with E-state index in [4.69, 9.17) is 23.2 Å². The number of halogens is 2. The zero-order chi connectivity index (χ0) is 32.3. The molecule has 0 aromatic heterocycles. The van der Waals surface area contributed by atoms with Crippen molar-refractivity contribution < 1.29 is 29.1 Å². The zero-order valence-corrected chi connectivity index (χ0v) is 27.4. The molecule has 1 aliphatic carbocycles. The predicted octanol–water partition coefficient (Wildman–Crippen LogP) is 5.05. The maximum Gasteiger partial charge on any atom is 0.303 e. The molecule has 1 saturated heterocycles. The van der Waals surface area contributed by atoms with E-state index in [1.54, 1.807) is 9.80 Å². The van der Waals surface area contributed by atoms with Gasteiger partial charge < -0.3 is 25.5 Å². The molecule has 0 unspecified atom stereocenters. The summed E-state index contributed by atoms with van der Waals surface area (Å²) < 4.78 is 0. The van der Waals surface area contributed by atoms with E-state index in [0.29, 0.717) is 31.6 Å². The fourth-order valence-corrected chi connectivity index (χ4v) is 6.92. The lowest BCUT2D eigenvalue weighted by Gasteiger charge is -2.40. The minimum atomic E-state index is -1.06. The normalized spacial score (nSPS) is 17.1. The van der Waals surface area contributed by atoms with E-state index in [-0.39, 0.29) is 53.1 Å². The summed E-state index contributed by atoms with van der Waals surface area (Å²) in [7, 11) is 0. The van der Waals surface area contributed by atoms with Gasteiger partial charge in [0, 0.05) is 54.6 Å². The number of aliphatic carboxylic acids is 1. The second kappa shape index (κ2) is 17.0. The van der Waals surface area contributed by atoms with Gasteiger partial charge in [0.2, 0.25) is 17.7 Å². The van der Waals surface area contributed by atoms with Crippen LogP contribution in [0.25, 0.3) is 0 Å². The third-order valence-electron chi connectivity index (χ3n) is 8.77. The molecule has 2 aliphatic rings. The summed E-state index contributed by atoms with van der Waals surface area (Å²) >= 11 is 12.2. The lowest BCUT2D eigenvalue weighted by Crippen LogP contribution is -2.52. The molecule has 1 aromatic rings. The molecule has 2 fully saturated rings. The number of nitrogens with one attached hydrogen (secondary N) is 2. The first-order chi connectivity index (χ1) is 21.0. The Balaban J connectivity index is 1.72. The van der Waals surface area contributed by atoms with Crippen LogP contribution in [0.4, 0.5) is 0 Å². The molecule has 2 atom stereocenters. The van der Waals surface area contributed by atoms with Crippen molar-refractivity contribution in [3.63, 3.8) is 0 Å². The van der Waals surface area contributed by atoms with Gasteiger partial charge in [-0.05, 0) is 75.0 Å². The highest BCUT2D eigenvalue weighted by atomic mass is 35.5. The van der Waals surface area contributed by atoms with Crippen molar-refractivity contribution >= 4 is 52.8 Å². The van der Waals surface area contributed by atoms with Gasteiger partial charge in [-0.1, -0.05) is 49.9 Å². The van der Waals surface area contributed by atoms with Crippen molar-refractivity contribution in [3.05, 3.63) is 33.8 Å². The van der Waals surface area contributed by atoms with Crippen LogP contribution in [-0.4, -0.2) is 82.8 Å². The molecule has 1 aliphatic heterocycles. The van der Waals surface area contributed by atoms with Gasteiger partial charge in [0.25, 0.3) is 5.91 Å². The largest absolute Gasteiger partial charge is 0.481 e. The minimum Gasteiger partial charge on any atom is -0.481 e. The van der Waals surface area contributed by atoms with Crippen LogP contribution in [0, 0.1) is 5.41 Å². The van der Waals surface area contributed by atoms with Crippen LogP contribution >= 0.6 is 23.2 Å². The maximum atomic E-state index is 13.8. The van der Waals surface area contributed by atoms with Crippen LogP contribution in [0.5, 0.6) is 0 Å². The third-order valence-corrected chi connectivity index (χ3v) is 9.20. The Morgan fingerprint density at radius 1 is 0.864 bits per heavy atom. The number of amides is 4. The van der Waals surface area contributed by atoms with Crippen molar-refractivity contribution in [3.8, 4) is 0 Å². The predicted molar refractivity (Wildman–Crippen MR) is 170 cm³/mol. The van der Waals surface area contributed by atoms with Crippen LogP contribution in [0.2, 0.25) is 10.0 Å². The standard InChI is InChI=1S/C32H46Cl2N4O6/c1-3-15-37(16-4-2)30(43)25(8-10-28(40)41)35-27(39)9-7-26(36-29(42)22-19-23(33)21-24(34)20-22)31(44)38-17-13-32(14-18-38)11-5-6-12-32/h19-21,25-26H,3-18H2,1-2H3,(H,35,39)(H,36,42)(H,40,41)/t25-,26+/m0/s1. The summed E-state index contributed by atoms with van der Waals surface area (Å²) in [5.41, 5.74) is 0.494. The summed E-state index contributed by atoms with van der Waals surface area (Å²) in [6.45, 7) is 6.07. The smallest absolute Gasteiger partial charge is 0.303 e. The Morgan fingerprint density at radius 2 is 1.43 bits per heavy atom. The molecule has 44 heavy (non-hydrogen) atoms. The number of carbonyl (C=O) groups is 5. The van der Waals surface area contributed by atoms with Gasteiger partial charge >= 0.3 is 5.97 Å². The summed E-state index contributed by atoms with van der Waals surface area (Å²) in [5.74, 6) is -2.69. The number of hydrogen-bond donors (Lipinski definition) is 3. The van der Waals surface area contributed by atoms with Crippen LogP contribution in [0.3, 0.4) is 0 Å². The molecule has 1 spiro atoms. The second-order valence-electron chi connectivity index (χ2n) is 12.1. The Labute approximate surface area is 270 Å². The van der Waals surface area contributed by atoms with Gasteiger partial charge in [0.1, 0.15) is 12.1 Å². The Morgan fingerprint density at radius 3 is 1.98 bits per heavy atom. The quantitative estimate of drug-likeness (QED) is 0.242. The van der Waals surface area contributed by atoms with E-state index in [1.165, 1.54) is 43.9 Å². The van der Waals surface area contributed by atoms with Crippen molar-refractivity contribution in [2.75, 3.05) is 26.2 Å². The fourth-order valence-electron chi connectivity index (χ4n) is 6.39. The number of benzene rings is 1. The van der Waals surface area contributed by atoms with Crippen molar-refractivity contribution in [2.24, 2.45) is 5.41 Å². The monoisotopic (exact) mass is 652 g/mol. The topological polar surface area (TPSA) is 136 Å². The number of hydrogen-bond acceptors (Lipinski definition) is 5. The molecule has 3 N–H and O–H groups in total. The maximum absolute atomic E-state index is 13.8. The van der Waals surface area contributed by atoms with Gasteiger partial charge in [-0.2, -0.15) is 0 Å². The summed E-state index contributed by atoms with van der Waals surface area (Å²) in [5, 5.41) is 15.3. The number of carbonyl (C=O) groups excluding carboxylic acids is 4. The van der Waals surface area contributed by atoms with E-state index in [9.17, 15) is 29.1 Å². The molecule has 4 amide bonds. The number of carboxylic acids is 1. The fraction of sp³-hybridized carbons (Fsp3) is 0.656. The average molecular weight is 654 g/mol. The third kappa shape index (κ3) is 10.4. The van der Waals surface area contributed by atoms with E-state index >= 15 is 0 Å². The van der Waals surface area contributed by atoms with E-state index in [1.807, 2.05) is 13.8 Å². The molecular weight excluding hydrogens is 607 g/mol. The van der Waals surface area contributed by atoms with E-state index in [2.05, 4.69) is 10.6 Å². The molecule has 0 radical (unpaired) electrons. The highest BCUT2D eigenvalue weighted by molar-refractivity contribution is 6.35. The highest BCUT2D eigenvalue weighted by Gasteiger charge is 2.39. The van der Waals surface area contributed by atoms with Crippen molar-refractivity contribution in [2.45, 2.75) is 103 Å². The Kier molecular flexibility index (Phi) is 13.8.